The van der Waals surface area contributed by atoms with Crippen molar-refractivity contribution < 1.29 is 9.59 Å². The van der Waals surface area contributed by atoms with Crippen molar-refractivity contribution in [2.24, 2.45) is 5.92 Å². The van der Waals surface area contributed by atoms with Gasteiger partial charge in [-0.3, -0.25) is 10.1 Å². The Morgan fingerprint density at radius 1 is 1.31 bits per heavy atom. The zero-order valence-electron chi connectivity index (χ0n) is 6.79. The summed E-state index contributed by atoms with van der Waals surface area (Å²) < 4.78 is 0. The Kier molecular flexibility index (Phi) is 2.90. The predicted molar refractivity (Wildman–Crippen MR) is 48.4 cm³/mol. The summed E-state index contributed by atoms with van der Waals surface area (Å²) in [6.45, 7) is 1.30. The normalized spacial score (nSPS) is 26.2. The summed E-state index contributed by atoms with van der Waals surface area (Å²) in [5.74, 6) is -0.450. The molecule has 0 radical (unpaired) electrons. The highest BCUT2D eigenvalue weighted by molar-refractivity contribution is 6.00. The second-order valence-corrected chi connectivity index (χ2v) is 2.81. The van der Waals surface area contributed by atoms with Gasteiger partial charge in [-0.2, -0.15) is 0 Å². The molecule has 0 bridgehead atoms. The van der Waals surface area contributed by atoms with E-state index in [4.69, 9.17) is 0 Å². The van der Waals surface area contributed by atoms with Gasteiger partial charge in [-0.15, -0.1) is 12.4 Å². The molecule has 72 valence electrons. The maximum Gasteiger partial charge on any atom is 0.325 e. The molecule has 2 aliphatic rings. The van der Waals surface area contributed by atoms with E-state index in [1.165, 1.54) is 0 Å². The lowest BCUT2D eigenvalue weighted by Crippen LogP contribution is -2.54. The van der Waals surface area contributed by atoms with E-state index in [-0.39, 0.29) is 24.2 Å². The van der Waals surface area contributed by atoms with Crippen LogP contribution in [0, 0.1) is 5.92 Å². The van der Waals surface area contributed by atoms with Crippen molar-refractivity contribution in [3.63, 3.8) is 0 Å². The number of nitrogens with one attached hydrogen (secondary N) is 3. The Morgan fingerprint density at radius 3 is 2.85 bits per heavy atom. The van der Waals surface area contributed by atoms with Crippen LogP contribution >= 0.6 is 12.4 Å². The minimum atomic E-state index is -0.426. The zero-order valence-corrected chi connectivity index (χ0v) is 7.61. The summed E-state index contributed by atoms with van der Waals surface area (Å²) in [4.78, 5) is 22.0. The van der Waals surface area contributed by atoms with Gasteiger partial charge >= 0.3 is 6.03 Å². The largest absolute Gasteiger partial charge is 0.325 e. The van der Waals surface area contributed by atoms with Crippen molar-refractivity contribution in [3.8, 4) is 0 Å². The second-order valence-electron chi connectivity index (χ2n) is 2.81. The van der Waals surface area contributed by atoms with Crippen molar-refractivity contribution in [2.45, 2.75) is 0 Å². The third-order valence-corrected chi connectivity index (χ3v) is 2.00. The highest BCUT2D eigenvalue weighted by atomic mass is 35.5. The van der Waals surface area contributed by atoms with Crippen LogP contribution in [-0.2, 0) is 4.79 Å². The predicted octanol–water partition coefficient (Wildman–Crippen LogP) is -0.649. The van der Waals surface area contributed by atoms with Gasteiger partial charge in [-0.1, -0.05) is 6.08 Å². The summed E-state index contributed by atoms with van der Waals surface area (Å²) >= 11 is 0. The van der Waals surface area contributed by atoms with E-state index in [2.05, 4.69) is 16.0 Å². The number of carbonyl (C=O) groups is 2. The highest BCUT2D eigenvalue weighted by Crippen LogP contribution is 2.13. The molecule has 1 saturated heterocycles. The third-order valence-electron chi connectivity index (χ3n) is 2.00. The van der Waals surface area contributed by atoms with Gasteiger partial charge in [0.2, 0.25) is 5.91 Å². The molecule has 13 heavy (non-hydrogen) atoms. The number of halogens is 1. The van der Waals surface area contributed by atoms with E-state index in [0.717, 1.165) is 5.70 Å². The summed E-state index contributed by atoms with van der Waals surface area (Å²) in [7, 11) is 0. The molecular weight excluding hydrogens is 194 g/mol. The van der Waals surface area contributed by atoms with Crippen LogP contribution in [0.1, 0.15) is 0 Å². The fraction of sp³-hybridized carbons (Fsp3) is 0.429. The van der Waals surface area contributed by atoms with Crippen LogP contribution in [0.2, 0.25) is 0 Å². The maximum absolute atomic E-state index is 11.2. The molecule has 1 fully saturated rings. The molecule has 1 unspecified atom stereocenters. The molecule has 2 aliphatic heterocycles. The molecule has 0 aromatic carbocycles. The molecule has 6 heteroatoms. The fourth-order valence-corrected chi connectivity index (χ4v) is 1.40. The molecule has 5 nitrogen and oxygen atoms in total. The third kappa shape index (κ3) is 1.81. The Bertz CT molecular complexity index is 277. The smallest absolute Gasteiger partial charge is 0.312 e. The van der Waals surface area contributed by atoms with Gasteiger partial charge < -0.3 is 10.6 Å². The molecule has 0 aromatic rings. The lowest BCUT2D eigenvalue weighted by atomic mass is 10.00. The minimum absolute atomic E-state index is 0. The van der Waals surface area contributed by atoms with E-state index in [1.807, 2.05) is 6.08 Å². The molecule has 0 saturated carbocycles. The average molecular weight is 204 g/mol. The van der Waals surface area contributed by atoms with Crippen LogP contribution in [-0.4, -0.2) is 25.0 Å². The van der Waals surface area contributed by atoms with E-state index in [1.54, 1.807) is 0 Å². The summed E-state index contributed by atoms with van der Waals surface area (Å²) in [6, 6.07) is -0.426. The molecule has 3 N–H and O–H groups in total. The average Bonchev–Trinajstić information content (AvgIpc) is 2.04. The lowest BCUT2D eigenvalue weighted by Gasteiger charge is -2.28. The number of urea groups is 1. The van der Waals surface area contributed by atoms with Gasteiger partial charge in [0.15, 0.2) is 0 Å². The summed E-state index contributed by atoms with van der Waals surface area (Å²) in [5, 5.41) is 7.85. The maximum atomic E-state index is 11.2. The van der Waals surface area contributed by atoms with Crippen LogP contribution < -0.4 is 16.0 Å². The van der Waals surface area contributed by atoms with E-state index in [9.17, 15) is 9.59 Å². The van der Waals surface area contributed by atoms with Crippen molar-refractivity contribution in [1.29, 1.82) is 0 Å². The molecule has 0 aliphatic carbocycles. The number of amides is 3. The first kappa shape index (κ1) is 10.0. The van der Waals surface area contributed by atoms with Crippen LogP contribution in [0.25, 0.3) is 0 Å². The summed E-state index contributed by atoms with van der Waals surface area (Å²) in [5.41, 5.74) is 0.725. The Labute approximate surface area is 81.4 Å². The first-order chi connectivity index (χ1) is 5.77. The number of carbonyl (C=O) groups excluding carboxylic acids is 2. The Hall–Kier alpha value is -1.07. The van der Waals surface area contributed by atoms with Gasteiger partial charge in [-0.05, 0) is 0 Å². The van der Waals surface area contributed by atoms with E-state index in [0.29, 0.717) is 13.1 Å². The first-order valence-electron chi connectivity index (χ1n) is 3.80. The second kappa shape index (κ2) is 3.76. The molecule has 1 atom stereocenters. The van der Waals surface area contributed by atoms with Gasteiger partial charge in [0.25, 0.3) is 0 Å². The summed E-state index contributed by atoms with van der Waals surface area (Å²) in [6.07, 6.45) is 1.82. The number of hydrogen-bond donors (Lipinski definition) is 3. The molecule has 0 aromatic heterocycles. The molecule has 3 amide bonds. The van der Waals surface area contributed by atoms with E-state index >= 15 is 0 Å². The monoisotopic (exact) mass is 203 g/mol. The van der Waals surface area contributed by atoms with Crippen LogP contribution in [0.4, 0.5) is 4.79 Å². The SMILES string of the molecule is Cl.O=C1NC(=O)C2CNCC=C2N1. The highest BCUT2D eigenvalue weighted by Gasteiger charge is 2.31. The Morgan fingerprint density at radius 2 is 2.08 bits per heavy atom. The number of imide groups is 1. The number of fused-ring (bicyclic) bond motifs is 1. The number of hydrogen-bond acceptors (Lipinski definition) is 3. The van der Waals surface area contributed by atoms with Crippen molar-refractivity contribution in [1.82, 2.24) is 16.0 Å². The van der Waals surface area contributed by atoms with E-state index < -0.39 is 6.03 Å². The van der Waals surface area contributed by atoms with Crippen LogP contribution in [0.3, 0.4) is 0 Å². The molecule has 0 spiro atoms. The van der Waals surface area contributed by atoms with Crippen molar-refractivity contribution >= 4 is 24.3 Å². The topological polar surface area (TPSA) is 70.2 Å². The van der Waals surface area contributed by atoms with Crippen LogP contribution in [0.15, 0.2) is 11.8 Å². The zero-order chi connectivity index (χ0) is 8.55. The number of rotatable bonds is 0. The minimum Gasteiger partial charge on any atom is -0.312 e. The molecule has 2 rings (SSSR count). The molecular formula is C7H10ClN3O2. The van der Waals surface area contributed by atoms with Crippen LogP contribution in [0.5, 0.6) is 0 Å². The lowest BCUT2D eigenvalue weighted by molar-refractivity contribution is -0.123. The standard InChI is InChI=1S/C7H9N3O2.ClH/c11-6-4-3-8-2-1-5(4)9-7(12)10-6;/h1,4,8H,2-3H2,(H2,9,10,11,12);1H. The van der Waals surface area contributed by atoms with Crippen molar-refractivity contribution in [3.05, 3.63) is 11.8 Å². The van der Waals surface area contributed by atoms with Gasteiger partial charge in [0, 0.05) is 18.8 Å². The van der Waals surface area contributed by atoms with Gasteiger partial charge in [0.1, 0.15) is 0 Å². The quantitative estimate of drug-likeness (QED) is 0.490. The fourth-order valence-electron chi connectivity index (χ4n) is 1.40. The van der Waals surface area contributed by atoms with Gasteiger partial charge in [0.05, 0.1) is 5.92 Å². The Balaban J connectivity index is 0.000000845. The molecule has 2 heterocycles. The van der Waals surface area contributed by atoms with Crippen molar-refractivity contribution in [2.75, 3.05) is 13.1 Å². The first-order valence-corrected chi connectivity index (χ1v) is 3.80. The van der Waals surface area contributed by atoms with Gasteiger partial charge in [-0.25, -0.2) is 4.79 Å².